The lowest BCUT2D eigenvalue weighted by Gasteiger charge is -2.30. The van der Waals surface area contributed by atoms with Crippen molar-refractivity contribution in [2.24, 2.45) is 0 Å². The number of rotatable bonds is 6. The lowest BCUT2D eigenvalue weighted by molar-refractivity contribution is -0.146. The number of amides is 3. The third-order valence-electron chi connectivity index (χ3n) is 3.50. The number of hydrogen-bond acceptors (Lipinski definition) is 3. The summed E-state index contributed by atoms with van der Waals surface area (Å²) in [6.45, 7) is 0.889. The molecule has 1 fully saturated rings. The van der Waals surface area contributed by atoms with Crippen molar-refractivity contribution in [1.82, 2.24) is 15.5 Å². The summed E-state index contributed by atoms with van der Waals surface area (Å²) in [6.07, 6.45) is 6.67. The lowest BCUT2D eigenvalue weighted by atomic mass is 9.94. The van der Waals surface area contributed by atoms with Crippen molar-refractivity contribution in [2.75, 3.05) is 20.1 Å². The summed E-state index contributed by atoms with van der Waals surface area (Å²) >= 11 is 0. The van der Waals surface area contributed by atoms with E-state index in [0.717, 1.165) is 25.7 Å². The quantitative estimate of drug-likeness (QED) is 0.406. The second-order valence-electron chi connectivity index (χ2n) is 4.89. The van der Waals surface area contributed by atoms with E-state index in [4.69, 9.17) is 0 Å². The fourth-order valence-corrected chi connectivity index (χ4v) is 2.32. The van der Waals surface area contributed by atoms with E-state index >= 15 is 0 Å². The number of carbonyl (C=O) groups excluding carboxylic acids is 3. The predicted molar refractivity (Wildman–Crippen MR) is 71.3 cm³/mol. The van der Waals surface area contributed by atoms with Crippen molar-refractivity contribution in [3.05, 3.63) is 0 Å². The van der Waals surface area contributed by atoms with E-state index in [2.05, 4.69) is 10.6 Å². The Balaban J connectivity index is 2.26. The molecule has 0 aromatic carbocycles. The second kappa shape index (κ2) is 8.50. The molecule has 0 atom stereocenters. The molecule has 3 amide bonds. The first-order chi connectivity index (χ1) is 9.16. The van der Waals surface area contributed by atoms with Gasteiger partial charge in [-0.05, 0) is 19.3 Å². The van der Waals surface area contributed by atoms with Gasteiger partial charge in [-0.25, -0.2) is 0 Å². The highest BCUT2D eigenvalue weighted by molar-refractivity contribution is 6.35. The average molecular weight is 269 g/mol. The molecule has 1 aliphatic carbocycles. The molecular formula is C13H23N3O3. The van der Waals surface area contributed by atoms with Gasteiger partial charge in [-0.15, -0.1) is 0 Å². The molecule has 0 bridgehead atoms. The van der Waals surface area contributed by atoms with E-state index in [1.165, 1.54) is 6.42 Å². The Labute approximate surface area is 113 Å². The van der Waals surface area contributed by atoms with Crippen molar-refractivity contribution in [2.45, 2.75) is 44.6 Å². The highest BCUT2D eigenvalue weighted by Gasteiger charge is 2.26. The van der Waals surface area contributed by atoms with Gasteiger partial charge in [-0.1, -0.05) is 19.3 Å². The van der Waals surface area contributed by atoms with Crippen LogP contribution in [0.5, 0.6) is 0 Å². The molecule has 0 spiro atoms. The highest BCUT2D eigenvalue weighted by Crippen LogP contribution is 2.21. The van der Waals surface area contributed by atoms with Gasteiger partial charge in [-0.3, -0.25) is 14.4 Å². The van der Waals surface area contributed by atoms with Crippen LogP contribution in [0, 0.1) is 0 Å². The molecule has 0 aliphatic heterocycles. The third-order valence-corrected chi connectivity index (χ3v) is 3.50. The molecule has 1 rings (SSSR count). The van der Waals surface area contributed by atoms with Crippen LogP contribution in [0.15, 0.2) is 0 Å². The molecule has 0 heterocycles. The van der Waals surface area contributed by atoms with Gasteiger partial charge in [0.05, 0.1) is 0 Å². The molecule has 1 saturated carbocycles. The summed E-state index contributed by atoms with van der Waals surface area (Å²) in [5.74, 6) is -1.02. The number of likely N-dealkylation sites (N-methyl/N-ethyl adjacent to an activating group) is 1. The van der Waals surface area contributed by atoms with Gasteiger partial charge in [0, 0.05) is 26.2 Å². The summed E-state index contributed by atoms with van der Waals surface area (Å²) in [4.78, 5) is 35.2. The normalized spacial score (nSPS) is 15.6. The molecule has 0 saturated heterocycles. The van der Waals surface area contributed by atoms with Gasteiger partial charge >= 0.3 is 11.8 Å². The lowest BCUT2D eigenvalue weighted by Crippen LogP contribution is -2.46. The van der Waals surface area contributed by atoms with E-state index in [-0.39, 0.29) is 6.04 Å². The molecule has 0 radical (unpaired) electrons. The third kappa shape index (κ3) is 5.28. The summed E-state index contributed by atoms with van der Waals surface area (Å²) in [6, 6.07) is 0.198. The Hall–Kier alpha value is -1.59. The molecule has 0 aromatic rings. The molecule has 19 heavy (non-hydrogen) atoms. The van der Waals surface area contributed by atoms with Crippen molar-refractivity contribution in [3.8, 4) is 0 Å². The number of nitrogens with zero attached hydrogens (tertiary/aromatic N) is 1. The van der Waals surface area contributed by atoms with E-state index in [1.807, 2.05) is 0 Å². The van der Waals surface area contributed by atoms with E-state index in [0.29, 0.717) is 25.9 Å². The molecular weight excluding hydrogens is 246 g/mol. The van der Waals surface area contributed by atoms with Crippen LogP contribution >= 0.6 is 0 Å². The van der Waals surface area contributed by atoms with Crippen molar-refractivity contribution < 1.29 is 14.4 Å². The predicted octanol–water partition coefficient (Wildman–Crippen LogP) is 0.0298. The number of nitrogens with one attached hydrogen (secondary N) is 2. The van der Waals surface area contributed by atoms with Crippen LogP contribution in [0.2, 0.25) is 0 Å². The first kappa shape index (κ1) is 15.5. The largest absolute Gasteiger partial charge is 0.359 e. The van der Waals surface area contributed by atoms with Gasteiger partial charge in [0.15, 0.2) is 0 Å². The summed E-state index contributed by atoms with van der Waals surface area (Å²) in [5.41, 5.74) is 0. The molecule has 6 nitrogen and oxygen atoms in total. The molecule has 6 heteroatoms. The van der Waals surface area contributed by atoms with Gasteiger partial charge in [0.2, 0.25) is 6.41 Å². The minimum absolute atomic E-state index is 0.198. The van der Waals surface area contributed by atoms with Crippen LogP contribution in [-0.4, -0.2) is 49.3 Å². The van der Waals surface area contributed by atoms with Crippen LogP contribution in [0.25, 0.3) is 0 Å². The topological polar surface area (TPSA) is 78.5 Å². The maximum absolute atomic E-state index is 11.9. The van der Waals surface area contributed by atoms with Crippen LogP contribution < -0.4 is 10.6 Å². The van der Waals surface area contributed by atoms with Gasteiger partial charge in [0.25, 0.3) is 0 Å². The molecule has 0 aromatic heterocycles. The Kier molecular flexibility index (Phi) is 6.92. The maximum Gasteiger partial charge on any atom is 0.311 e. The highest BCUT2D eigenvalue weighted by atomic mass is 16.2. The Morgan fingerprint density at radius 2 is 1.89 bits per heavy atom. The smallest absolute Gasteiger partial charge is 0.311 e. The fraction of sp³-hybridized carbons (Fsp3) is 0.769. The summed E-state index contributed by atoms with van der Waals surface area (Å²) in [7, 11) is 1.70. The van der Waals surface area contributed by atoms with Crippen LogP contribution in [0.1, 0.15) is 38.5 Å². The second-order valence-corrected chi connectivity index (χ2v) is 4.89. The standard InChI is InChI=1S/C13H23N3O3/c1-16(11-6-3-2-4-7-11)13(19)12(18)15-9-5-8-14-10-17/h10-11H,2-9H2,1H3,(H,14,17)(H,15,18). The van der Waals surface area contributed by atoms with E-state index < -0.39 is 11.8 Å². The van der Waals surface area contributed by atoms with Gasteiger partial charge in [-0.2, -0.15) is 0 Å². The minimum Gasteiger partial charge on any atom is -0.359 e. The van der Waals surface area contributed by atoms with Crippen LogP contribution in [0.4, 0.5) is 0 Å². The van der Waals surface area contributed by atoms with Crippen molar-refractivity contribution >= 4 is 18.2 Å². The zero-order valence-electron chi connectivity index (χ0n) is 11.5. The van der Waals surface area contributed by atoms with Crippen molar-refractivity contribution in [3.63, 3.8) is 0 Å². The summed E-state index contributed by atoms with van der Waals surface area (Å²) < 4.78 is 0. The molecule has 0 unspecified atom stereocenters. The zero-order valence-corrected chi connectivity index (χ0v) is 11.5. The number of carbonyl (C=O) groups is 3. The molecule has 2 N–H and O–H groups in total. The van der Waals surface area contributed by atoms with E-state index in [1.54, 1.807) is 11.9 Å². The SMILES string of the molecule is CN(C(=O)C(=O)NCCCNC=O)C1CCCCC1. The zero-order chi connectivity index (χ0) is 14.1. The van der Waals surface area contributed by atoms with Gasteiger partial charge < -0.3 is 15.5 Å². The first-order valence-electron chi connectivity index (χ1n) is 6.89. The monoisotopic (exact) mass is 269 g/mol. The molecule has 1 aliphatic rings. The van der Waals surface area contributed by atoms with E-state index in [9.17, 15) is 14.4 Å². The van der Waals surface area contributed by atoms with Gasteiger partial charge in [0.1, 0.15) is 0 Å². The maximum atomic E-state index is 11.9. The van der Waals surface area contributed by atoms with Crippen molar-refractivity contribution in [1.29, 1.82) is 0 Å². The minimum atomic E-state index is -0.556. The Morgan fingerprint density at radius 3 is 2.53 bits per heavy atom. The van der Waals surface area contributed by atoms with Crippen LogP contribution in [-0.2, 0) is 14.4 Å². The summed E-state index contributed by atoms with van der Waals surface area (Å²) in [5, 5.41) is 5.07. The molecule has 108 valence electrons. The fourth-order valence-electron chi connectivity index (χ4n) is 2.32. The van der Waals surface area contributed by atoms with Crippen LogP contribution in [0.3, 0.4) is 0 Å². The Bertz CT molecular complexity index is 314. The first-order valence-corrected chi connectivity index (χ1v) is 6.89. The Morgan fingerprint density at radius 1 is 1.21 bits per heavy atom. The number of hydrogen-bond donors (Lipinski definition) is 2. The average Bonchev–Trinajstić information content (AvgIpc) is 2.46.